The van der Waals surface area contributed by atoms with E-state index in [0.29, 0.717) is 30.5 Å². The van der Waals surface area contributed by atoms with Crippen molar-refractivity contribution in [1.82, 2.24) is 25.4 Å². The molecule has 1 aliphatic heterocycles. The van der Waals surface area contributed by atoms with Crippen molar-refractivity contribution in [3.63, 3.8) is 0 Å². The molecule has 0 spiro atoms. The molecule has 0 bridgehead atoms. The van der Waals surface area contributed by atoms with E-state index >= 15 is 0 Å². The van der Waals surface area contributed by atoms with Gasteiger partial charge in [0.1, 0.15) is 11.4 Å². The van der Waals surface area contributed by atoms with Gasteiger partial charge in [0.2, 0.25) is 11.8 Å². The first-order valence-corrected chi connectivity index (χ1v) is 8.61. The normalized spacial score (nSPS) is 22.6. The predicted molar refractivity (Wildman–Crippen MR) is 85.9 cm³/mol. The summed E-state index contributed by atoms with van der Waals surface area (Å²) in [5.74, 6) is -0.100. The lowest BCUT2D eigenvalue weighted by molar-refractivity contribution is -0.139. The van der Waals surface area contributed by atoms with Crippen LogP contribution in [0.5, 0.6) is 0 Å². The zero-order chi connectivity index (χ0) is 17.1. The topological polar surface area (TPSA) is 91.6 Å². The molecule has 2 aliphatic rings. The minimum atomic E-state index is -0.367. The fraction of sp³-hybridized carbons (Fsp3) is 0.750. The third kappa shape index (κ3) is 3.58. The minimum absolute atomic E-state index is 0.0332. The summed E-state index contributed by atoms with van der Waals surface area (Å²) < 4.78 is 4.67. The molecule has 132 valence electrons. The summed E-state index contributed by atoms with van der Waals surface area (Å²) >= 11 is 0. The highest BCUT2D eigenvalue weighted by Crippen LogP contribution is 2.27. The van der Waals surface area contributed by atoms with Gasteiger partial charge in [0.05, 0.1) is 19.0 Å². The number of nitrogens with one attached hydrogen (secondary N) is 1. The third-order valence-electron chi connectivity index (χ3n) is 5.09. The average molecular weight is 335 g/mol. The summed E-state index contributed by atoms with van der Waals surface area (Å²) in [5.41, 5.74) is 1.32. The third-order valence-corrected chi connectivity index (χ3v) is 5.09. The molecule has 1 N–H and O–H groups in total. The molecule has 2 heterocycles. The largest absolute Gasteiger partial charge is 0.353 e. The highest BCUT2D eigenvalue weighted by atomic mass is 16.6. The first-order chi connectivity index (χ1) is 11.6. The monoisotopic (exact) mass is 335 g/mol. The minimum Gasteiger partial charge on any atom is -0.353 e. The molecule has 2 amide bonds. The summed E-state index contributed by atoms with van der Waals surface area (Å²) in [7, 11) is 1.72. The molecule has 2 fully saturated rings. The number of piperazine rings is 1. The molecule has 1 saturated heterocycles. The number of aromatic nitrogens is 2. The zero-order valence-corrected chi connectivity index (χ0v) is 14.3. The molecule has 1 aromatic heterocycles. The van der Waals surface area contributed by atoms with E-state index in [2.05, 4.69) is 25.2 Å². The molecular weight excluding hydrogens is 310 g/mol. The molecule has 0 aromatic carbocycles. The maximum atomic E-state index is 12.6. The van der Waals surface area contributed by atoms with Crippen LogP contribution in [0.2, 0.25) is 0 Å². The van der Waals surface area contributed by atoms with Gasteiger partial charge < -0.3 is 10.2 Å². The van der Waals surface area contributed by atoms with E-state index in [1.54, 1.807) is 18.9 Å². The van der Waals surface area contributed by atoms with Crippen molar-refractivity contribution in [2.75, 3.05) is 20.1 Å². The van der Waals surface area contributed by atoms with Crippen LogP contribution >= 0.6 is 0 Å². The lowest BCUT2D eigenvalue weighted by atomic mass is 10.0. The van der Waals surface area contributed by atoms with Crippen LogP contribution in [0.4, 0.5) is 0 Å². The molecule has 1 aromatic rings. The smallest absolute Gasteiger partial charge is 0.237 e. The number of rotatable bonds is 5. The average Bonchev–Trinajstić information content (AvgIpc) is 3.22. The van der Waals surface area contributed by atoms with Gasteiger partial charge in [-0.15, -0.1) is 0 Å². The Hall–Kier alpha value is -1.96. The summed E-state index contributed by atoms with van der Waals surface area (Å²) in [4.78, 5) is 28.7. The summed E-state index contributed by atoms with van der Waals surface area (Å²) in [6, 6.07) is 0.0643. The van der Waals surface area contributed by atoms with Crippen LogP contribution in [0.3, 0.4) is 0 Å². The SMILES string of the molecule is Cc1nonc1CN(C)C(=O)C[C@@H]1C(=O)NCCN1C1CCCC1. The number of nitrogens with zero attached hydrogens (tertiary/aromatic N) is 4. The van der Waals surface area contributed by atoms with E-state index in [0.717, 1.165) is 19.4 Å². The van der Waals surface area contributed by atoms with E-state index in [1.165, 1.54) is 12.8 Å². The first-order valence-electron chi connectivity index (χ1n) is 8.61. The second-order valence-electron chi connectivity index (χ2n) is 6.73. The fourth-order valence-corrected chi connectivity index (χ4v) is 3.64. The number of carbonyl (C=O) groups excluding carboxylic acids is 2. The van der Waals surface area contributed by atoms with Gasteiger partial charge in [-0.25, -0.2) is 4.63 Å². The van der Waals surface area contributed by atoms with Crippen LogP contribution in [0.1, 0.15) is 43.5 Å². The van der Waals surface area contributed by atoms with Crippen molar-refractivity contribution in [3.8, 4) is 0 Å². The Morgan fingerprint density at radius 1 is 1.38 bits per heavy atom. The van der Waals surface area contributed by atoms with Crippen LogP contribution in [-0.2, 0) is 16.1 Å². The highest BCUT2D eigenvalue weighted by molar-refractivity contribution is 5.88. The number of amides is 2. The Balaban J connectivity index is 1.63. The molecule has 1 aliphatic carbocycles. The van der Waals surface area contributed by atoms with Crippen LogP contribution in [0.15, 0.2) is 4.63 Å². The molecular formula is C16H25N5O3. The summed E-state index contributed by atoms with van der Waals surface area (Å²) in [6.45, 7) is 3.62. The summed E-state index contributed by atoms with van der Waals surface area (Å²) in [5, 5.41) is 10.4. The molecule has 8 heteroatoms. The van der Waals surface area contributed by atoms with Crippen molar-refractivity contribution in [3.05, 3.63) is 11.4 Å². The maximum absolute atomic E-state index is 12.6. The van der Waals surface area contributed by atoms with Gasteiger partial charge in [0, 0.05) is 26.2 Å². The van der Waals surface area contributed by atoms with Gasteiger partial charge in [-0.2, -0.15) is 0 Å². The molecule has 0 radical (unpaired) electrons. The van der Waals surface area contributed by atoms with Crippen molar-refractivity contribution < 1.29 is 14.2 Å². The van der Waals surface area contributed by atoms with E-state index in [-0.39, 0.29) is 24.3 Å². The van der Waals surface area contributed by atoms with Crippen molar-refractivity contribution in [2.45, 2.75) is 57.7 Å². The molecule has 8 nitrogen and oxygen atoms in total. The molecule has 1 atom stereocenters. The van der Waals surface area contributed by atoms with E-state index < -0.39 is 0 Å². The van der Waals surface area contributed by atoms with Gasteiger partial charge >= 0.3 is 0 Å². The standard InChI is InChI=1S/C16H25N5O3/c1-11-13(19-24-18-11)10-20(2)15(22)9-14-16(23)17-7-8-21(14)12-5-3-4-6-12/h12,14H,3-10H2,1-2H3,(H,17,23)/t14-/m1/s1. The van der Waals surface area contributed by atoms with E-state index in [4.69, 9.17) is 0 Å². The van der Waals surface area contributed by atoms with Gasteiger partial charge in [-0.05, 0) is 19.8 Å². The van der Waals surface area contributed by atoms with Crippen LogP contribution in [0, 0.1) is 6.92 Å². The molecule has 3 rings (SSSR count). The van der Waals surface area contributed by atoms with Crippen LogP contribution < -0.4 is 5.32 Å². The Kier molecular flexibility index (Phi) is 5.13. The zero-order valence-electron chi connectivity index (χ0n) is 14.3. The number of hydrogen-bond donors (Lipinski definition) is 1. The second-order valence-corrected chi connectivity index (χ2v) is 6.73. The van der Waals surface area contributed by atoms with Gasteiger partial charge in [0.15, 0.2) is 0 Å². The first kappa shape index (κ1) is 16.9. The van der Waals surface area contributed by atoms with Crippen LogP contribution in [0.25, 0.3) is 0 Å². The molecule has 1 saturated carbocycles. The van der Waals surface area contributed by atoms with E-state index in [1.807, 2.05) is 0 Å². The van der Waals surface area contributed by atoms with Crippen LogP contribution in [-0.4, -0.2) is 64.1 Å². The Bertz CT molecular complexity index is 596. The summed E-state index contributed by atoms with van der Waals surface area (Å²) in [6.07, 6.45) is 4.86. The molecule has 0 unspecified atom stereocenters. The number of aryl methyl sites for hydroxylation is 1. The Morgan fingerprint density at radius 2 is 2.12 bits per heavy atom. The fourth-order valence-electron chi connectivity index (χ4n) is 3.64. The maximum Gasteiger partial charge on any atom is 0.237 e. The Labute approximate surface area is 141 Å². The predicted octanol–water partition coefficient (Wildman–Crippen LogP) is 0.470. The van der Waals surface area contributed by atoms with Gasteiger partial charge in [-0.3, -0.25) is 14.5 Å². The van der Waals surface area contributed by atoms with Crippen molar-refractivity contribution in [2.24, 2.45) is 0 Å². The lowest BCUT2D eigenvalue weighted by Gasteiger charge is -2.39. The van der Waals surface area contributed by atoms with Crippen molar-refractivity contribution in [1.29, 1.82) is 0 Å². The number of hydrogen-bond acceptors (Lipinski definition) is 6. The van der Waals surface area contributed by atoms with Gasteiger partial charge in [-0.1, -0.05) is 23.2 Å². The Morgan fingerprint density at radius 3 is 2.79 bits per heavy atom. The highest BCUT2D eigenvalue weighted by Gasteiger charge is 2.37. The molecule has 24 heavy (non-hydrogen) atoms. The quantitative estimate of drug-likeness (QED) is 0.841. The van der Waals surface area contributed by atoms with Crippen molar-refractivity contribution >= 4 is 11.8 Å². The van der Waals surface area contributed by atoms with Gasteiger partial charge in [0.25, 0.3) is 0 Å². The number of carbonyl (C=O) groups is 2. The van der Waals surface area contributed by atoms with E-state index in [9.17, 15) is 9.59 Å². The second kappa shape index (κ2) is 7.29. The lowest BCUT2D eigenvalue weighted by Crippen LogP contribution is -2.59.